The number of anilines is 1. The lowest BCUT2D eigenvalue weighted by molar-refractivity contribution is -0.124. The van der Waals surface area contributed by atoms with Crippen molar-refractivity contribution in [1.29, 1.82) is 0 Å². The standard InChI is InChI=1S/C23H18Cl2FN3O5S/c1-35(32,33)34-15-6-7-20-16(8-15)17(12-29(20)11-13-2-4-14(26)5-3-13)22(30)23(31)28-21-18(24)9-27-10-19(21)25/h2-10,12,22,30H,11H2,1H3,(H,27,28,31). The number of aliphatic hydroxyl groups excluding tert-OH is 1. The molecule has 4 aromatic rings. The molecule has 0 saturated heterocycles. The minimum absolute atomic E-state index is 0.00797. The number of benzene rings is 2. The zero-order valence-corrected chi connectivity index (χ0v) is 20.4. The summed E-state index contributed by atoms with van der Waals surface area (Å²) in [7, 11) is -3.81. The van der Waals surface area contributed by atoms with Crippen LogP contribution >= 0.6 is 23.2 Å². The molecule has 2 aromatic heterocycles. The SMILES string of the molecule is CS(=O)(=O)Oc1ccc2c(c1)c(C(O)C(=O)Nc1c(Cl)cncc1Cl)cn2Cc1ccc(F)cc1. The van der Waals surface area contributed by atoms with E-state index in [1.807, 2.05) is 0 Å². The molecule has 182 valence electrons. The van der Waals surface area contributed by atoms with Crippen LogP contribution < -0.4 is 9.50 Å². The van der Waals surface area contributed by atoms with Gasteiger partial charge >= 0.3 is 10.1 Å². The molecule has 0 bridgehead atoms. The number of fused-ring (bicyclic) bond motifs is 1. The Labute approximate surface area is 210 Å². The molecule has 1 atom stereocenters. The lowest BCUT2D eigenvalue weighted by Crippen LogP contribution is -2.21. The summed E-state index contributed by atoms with van der Waals surface area (Å²) in [6, 6.07) is 10.3. The average Bonchev–Trinajstić information content (AvgIpc) is 3.13. The highest BCUT2D eigenvalue weighted by molar-refractivity contribution is 7.86. The summed E-state index contributed by atoms with van der Waals surface area (Å²) >= 11 is 12.1. The third kappa shape index (κ3) is 5.73. The normalized spacial score (nSPS) is 12.5. The molecule has 35 heavy (non-hydrogen) atoms. The van der Waals surface area contributed by atoms with Gasteiger partial charge in [-0.15, -0.1) is 0 Å². The van der Waals surface area contributed by atoms with Crippen molar-refractivity contribution < 1.29 is 26.9 Å². The monoisotopic (exact) mass is 537 g/mol. The zero-order chi connectivity index (χ0) is 25.3. The first-order chi connectivity index (χ1) is 16.5. The third-order valence-electron chi connectivity index (χ3n) is 5.04. The molecule has 0 aliphatic heterocycles. The second-order valence-corrected chi connectivity index (χ2v) is 10.1. The Morgan fingerprint density at radius 3 is 2.46 bits per heavy atom. The minimum atomic E-state index is -3.81. The first-order valence-electron chi connectivity index (χ1n) is 10.1. The maximum atomic E-state index is 13.3. The van der Waals surface area contributed by atoms with Gasteiger partial charge in [0.1, 0.15) is 11.6 Å². The Morgan fingerprint density at radius 2 is 1.83 bits per heavy atom. The quantitative estimate of drug-likeness (QED) is 0.335. The molecule has 8 nitrogen and oxygen atoms in total. The zero-order valence-electron chi connectivity index (χ0n) is 18.1. The van der Waals surface area contributed by atoms with Crippen LogP contribution in [0.4, 0.5) is 10.1 Å². The van der Waals surface area contributed by atoms with Gasteiger partial charge in [0.05, 0.1) is 22.0 Å². The van der Waals surface area contributed by atoms with Crippen molar-refractivity contribution in [2.75, 3.05) is 11.6 Å². The van der Waals surface area contributed by atoms with Gasteiger partial charge < -0.3 is 19.2 Å². The van der Waals surface area contributed by atoms with Crippen molar-refractivity contribution in [3.8, 4) is 5.75 Å². The third-order valence-corrected chi connectivity index (χ3v) is 6.11. The van der Waals surface area contributed by atoms with E-state index < -0.39 is 22.1 Å². The largest absolute Gasteiger partial charge is 0.383 e. The molecule has 0 fully saturated rings. The Morgan fingerprint density at radius 1 is 1.17 bits per heavy atom. The number of nitrogens with one attached hydrogen (secondary N) is 1. The summed E-state index contributed by atoms with van der Waals surface area (Å²) in [5.41, 5.74) is 1.61. The number of halogens is 3. The summed E-state index contributed by atoms with van der Waals surface area (Å²) in [5.74, 6) is -1.20. The first kappa shape index (κ1) is 24.9. The minimum Gasteiger partial charge on any atom is -0.383 e. The Bertz CT molecular complexity index is 1500. The molecule has 0 radical (unpaired) electrons. The van der Waals surface area contributed by atoms with Gasteiger partial charge in [-0.2, -0.15) is 8.42 Å². The van der Waals surface area contributed by atoms with E-state index in [0.29, 0.717) is 17.4 Å². The Balaban J connectivity index is 1.75. The number of rotatable bonds is 7. The van der Waals surface area contributed by atoms with Gasteiger partial charge in [-0.3, -0.25) is 9.78 Å². The van der Waals surface area contributed by atoms with Gasteiger partial charge in [-0.1, -0.05) is 35.3 Å². The number of hydrogen-bond donors (Lipinski definition) is 2. The van der Waals surface area contributed by atoms with E-state index in [2.05, 4.69) is 10.3 Å². The van der Waals surface area contributed by atoms with Gasteiger partial charge in [0.25, 0.3) is 5.91 Å². The molecule has 2 N–H and O–H groups in total. The van der Waals surface area contributed by atoms with Crippen LogP contribution in [0.5, 0.6) is 5.75 Å². The molecule has 2 heterocycles. The van der Waals surface area contributed by atoms with Crippen molar-refractivity contribution in [2.45, 2.75) is 12.6 Å². The van der Waals surface area contributed by atoms with Crippen LogP contribution in [0.25, 0.3) is 10.9 Å². The van der Waals surface area contributed by atoms with E-state index in [1.54, 1.807) is 29.0 Å². The molecule has 1 amide bonds. The highest BCUT2D eigenvalue weighted by Gasteiger charge is 2.25. The molecule has 4 rings (SSSR count). The van der Waals surface area contributed by atoms with Crippen molar-refractivity contribution in [3.63, 3.8) is 0 Å². The molecule has 2 aromatic carbocycles. The molecular weight excluding hydrogens is 520 g/mol. The van der Waals surface area contributed by atoms with Gasteiger partial charge in [0.2, 0.25) is 0 Å². The van der Waals surface area contributed by atoms with Gasteiger partial charge in [-0.05, 0) is 35.9 Å². The van der Waals surface area contributed by atoms with Crippen LogP contribution in [-0.4, -0.2) is 35.2 Å². The average molecular weight is 538 g/mol. The number of nitrogens with zero attached hydrogens (tertiary/aromatic N) is 2. The fourth-order valence-corrected chi connectivity index (χ4v) is 4.44. The molecule has 0 saturated carbocycles. The Hall–Kier alpha value is -3.18. The molecule has 0 aliphatic rings. The van der Waals surface area contributed by atoms with Crippen LogP contribution in [0.15, 0.2) is 61.1 Å². The second kappa shape index (κ2) is 9.82. The smallest absolute Gasteiger partial charge is 0.306 e. The number of carbonyl (C=O) groups excluding carboxylic acids is 1. The van der Waals surface area contributed by atoms with Crippen molar-refractivity contribution in [3.05, 3.63) is 88.0 Å². The van der Waals surface area contributed by atoms with Crippen LogP contribution in [0.1, 0.15) is 17.2 Å². The summed E-state index contributed by atoms with van der Waals surface area (Å²) in [6.07, 6.45) is 3.36. The van der Waals surface area contributed by atoms with E-state index in [1.165, 1.54) is 36.7 Å². The second-order valence-electron chi connectivity index (χ2n) is 7.68. The topological polar surface area (TPSA) is 111 Å². The maximum Gasteiger partial charge on any atom is 0.306 e. The maximum absolute atomic E-state index is 13.3. The molecular formula is C23H18Cl2FN3O5S. The van der Waals surface area contributed by atoms with Gasteiger partial charge in [-0.25, -0.2) is 4.39 Å². The van der Waals surface area contributed by atoms with Crippen molar-refractivity contribution in [2.24, 2.45) is 0 Å². The number of amides is 1. The van der Waals surface area contributed by atoms with E-state index in [-0.39, 0.29) is 32.9 Å². The number of pyridine rings is 1. The van der Waals surface area contributed by atoms with E-state index in [0.717, 1.165) is 11.8 Å². The van der Waals surface area contributed by atoms with Crippen molar-refractivity contribution >= 4 is 55.8 Å². The van der Waals surface area contributed by atoms with Crippen LogP contribution in [0.2, 0.25) is 10.0 Å². The number of hydrogen-bond acceptors (Lipinski definition) is 6. The molecule has 12 heteroatoms. The van der Waals surface area contributed by atoms with Crippen LogP contribution in [0.3, 0.4) is 0 Å². The lowest BCUT2D eigenvalue weighted by atomic mass is 10.1. The van der Waals surface area contributed by atoms with Crippen LogP contribution in [-0.2, 0) is 21.5 Å². The summed E-state index contributed by atoms with van der Waals surface area (Å²) in [4.78, 5) is 16.7. The summed E-state index contributed by atoms with van der Waals surface area (Å²) in [6.45, 7) is 0.291. The number of aromatic nitrogens is 2. The fourth-order valence-electron chi connectivity index (χ4n) is 3.53. The van der Waals surface area contributed by atoms with E-state index in [4.69, 9.17) is 27.4 Å². The molecule has 0 spiro atoms. The van der Waals surface area contributed by atoms with E-state index in [9.17, 15) is 22.7 Å². The first-order valence-corrected chi connectivity index (χ1v) is 12.6. The Kier molecular flexibility index (Phi) is 7.00. The number of carbonyl (C=O) groups is 1. The highest BCUT2D eigenvalue weighted by Crippen LogP contribution is 2.33. The highest BCUT2D eigenvalue weighted by atomic mass is 35.5. The predicted molar refractivity (Wildman–Crippen MR) is 131 cm³/mol. The molecule has 0 aliphatic carbocycles. The number of aliphatic hydroxyl groups is 1. The van der Waals surface area contributed by atoms with E-state index >= 15 is 0 Å². The lowest BCUT2D eigenvalue weighted by Gasteiger charge is -2.13. The summed E-state index contributed by atoms with van der Waals surface area (Å²) < 4.78 is 43.2. The van der Waals surface area contributed by atoms with Crippen molar-refractivity contribution in [1.82, 2.24) is 9.55 Å². The van der Waals surface area contributed by atoms with Gasteiger partial charge in [0.15, 0.2) is 6.10 Å². The fraction of sp³-hybridized carbons (Fsp3) is 0.130. The summed E-state index contributed by atoms with van der Waals surface area (Å²) in [5, 5.41) is 14.0. The van der Waals surface area contributed by atoms with Crippen LogP contribution in [0, 0.1) is 5.82 Å². The van der Waals surface area contributed by atoms with Gasteiger partial charge in [0, 0.05) is 41.6 Å². The molecule has 1 unspecified atom stereocenters. The predicted octanol–water partition coefficient (Wildman–Crippen LogP) is 4.54.